The number of likely N-dealkylation sites (tertiary alicyclic amines) is 1. The predicted octanol–water partition coefficient (Wildman–Crippen LogP) is 5.46. The molecule has 1 amide bonds. The minimum Gasteiger partial charge on any atom is -0.493 e. The number of nitrogens with zero attached hydrogens (tertiary/aromatic N) is 5. The molecule has 1 aliphatic rings. The minimum absolute atomic E-state index is 0.00816. The molecule has 50 heavy (non-hydrogen) atoms. The second-order valence-corrected chi connectivity index (χ2v) is 11.9. The summed E-state index contributed by atoms with van der Waals surface area (Å²) in [6, 6.07) is 13.7. The highest BCUT2D eigenvalue weighted by Crippen LogP contribution is 2.38. The lowest BCUT2D eigenvalue weighted by Gasteiger charge is -2.26. The highest BCUT2D eigenvalue weighted by Gasteiger charge is 2.20. The van der Waals surface area contributed by atoms with Gasteiger partial charge in [0, 0.05) is 36.5 Å². The zero-order valence-electron chi connectivity index (χ0n) is 27.7. The van der Waals surface area contributed by atoms with Gasteiger partial charge in [-0.25, -0.2) is 13.6 Å². The van der Waals surface area contributed by atoms with E-state index in [1.54, 1.807) is 18.2 Å². The molecule has 0 aliphatic carbocycles. The zero-order chi connectivity index (χ0) is 35.2. The van der Waals surface area contributed by atoms with E-state index in [1.165, 1.54) is 76.0 Å². The van der Waals surface area contributed by atoms with Gasteiger partial charge in [-0.1, -0.05) is 12.5 Å². The van der Waals surface area contributed by atoms with Gasteiger partial charge in [0.25, 0.3) is 11.5 Å². The summed E-state index contributed by atoms with van der Waals surface area (Å²) in [7, 11) is 2.70. The van der Waals surface area contributed by atoms with Gasteiger partial charge in [0.05, 0.1) is 24.9 Å². The largest absolute Gasteiger partial charge is 0.493 e. The maximum atomic E-state index is 15.3. The van der Waals surface area contributed by atoms with E-state index in [9.17, 15) is 18.8 Å². The summed E-state index contributed by atoms with van der Waals surface area (Å²) in [6.45, 7) is 3.93. The van der Waals surface area contributed by atoms with Gasteiger partial charge in [0.1, 0.15) is 11.6 Å². The molecular weight excluding hydrogens is 650 g/mol. The lowest BCUT2D eigenvalue weighted by Crippen LogP contribution is -2.43. The average molecular weight is 687 g/mol. The topological polar surface area (TPSA) is 130 Å². The summed E-state index contributed by atoms with van der Waals surface area (Å²) in [4.78, 5) is 45.4. The van der Waals surface area contributed by atoms with Crippen LogP contribution in [0.2, 0.25) is 0 Å². The molecule has 0 radical (unpaired) electrons. The minimum atomic E-state index is -1.00. The van der Waals surface area contributed by atoms with Crippen molar-refractivity contribution < 1.29 is 27.8 Å². The van der Waals surface area contributed by atoms with E-state index in [0.717, 1.165) is 43.2 Å². The van der Waals surface area contributed by atoms with Crippen LogP contribution in [0.15, 0.2) is 76.4 Å². The van der Waals surface area contributed by atoms with Crippen molar-refractivity contribution in [3.63, 3.8) is 0 Å². The number of carbonyl (C=O) groups is 1. The van der Waals surface area contributed by atoms with Crippen molar-refractivity contribution in [1.29, 1.82) is 0 Å². The van der Waals surface area contributed by atoms with E-state index in [1.807, 2.05) is 0 Å². The van der Waals surface area contributed by atoms with Crippen molar-refractivity contribution in [2.75, 3.05) is 38.7 Å². The number of fused-ring (bicyclic) bond motifs is 1. The number of hydrogen-bond donors (Lipinski definition) is 1. The van der Waals surface area contributed by atoms with Gasteiger partial charge in [-0.3, -0.25) is 19.1 Å². The Bertz CT molecular complexity index is 2150. The summed E-state index contributed by atoms with van der Waals surface area (Å²) in [5, 5.41) is 6.86. The normalized spacial score (nSPS) is 13.3. The molecule has 0 saturated carbocycles. The summed E-state index contributed by atoms with van der Waals surface area (Å²) in [6.07, 6.45) is 7.33. The van der Waals surface area contributed by atoms with Crippen LogP contribution >= 0.6 is 0 Å². The third-order valence-electron chi connectivity index (χ3n) is 8.41. The van der Waals surface area contributed by atoms with Gasteiger partial charge in [0.2, 0.25) is 5.69 Å². The van der Waals surface area contributed by atoms with E-state index in [-0.39, 0.29) is 17.1 Å². The number of benzene rings is 3. The number of rotatable bonds is 12. The maximum Gasteiger partial charge on any atom is 0.351 e. The second kappa shape index (κ2) is 15.3. The molecule has 0 unspecified atom stereocenters. The lowest BCUT2D eigenvalue weighted by molar-refractivity contribution is 0.101. The average Bonchev–Trinajstić information content (AvgIpc) is 3.12. The first kappa shape index (κ1) is 34.2. The molecule has 260 valence electrons. The van der Waals surface area contributed by atoms with Crippen molar-refractivity contribution in [1.82, 2.24) is 24.2 Å². The molecule has 1 N–H and O–H groups in total. The molecule has 3 heterocycles. The SMILES string of the molecule is COc1cc2c(Oc3ccc(NC(=O)c4nn(-c5cccc(F)c5)c(=O)n(C)c4=O)cc3F)ccnc2cc1OCCCCN1CCCCC1. The van der Waals surface area contributed by atoms with E-state index >= 15 is 4.39 Å². The van der Waals surface area contributed by atoms with Gasteiger partial charge < -0.3 is 24.4 Å². The third-order valence-corrected chi connectivity index (χ3v) is 8.41. The third kappa shape index (κ3) is 7.65. The van der Waals surface area contributed by atoms with E-state index in [2.05, 4.69) is 20.3 Å². The number of pyridine rings is 1. The molecule has 0 atom stereocenters. The van der Waals surface area contributed by atoms with Gasteiger partial charge in [-0.2, -0.15) is 9.78 Å². The smallest absolute Gasteiger partial charge is 0.351 e. The van der Waals surface area contributed by atoms with Crippen LogP contribution in [-0.2, 0) is 7.05 Å². The molecule has 1 saturated heterocycles. The molecule has 5 aromatic rings. The van der Waals surface area contributed by atoms with Gasteiger partial charge in [-0.05, 0) is 87.8 Å². The molecule has 0 spiro atoms. The molecule has 3 aromatic carbocycles. The number of ether oxygens (including phenoxy) is 3. The van der Waals surface area contributed by atoms with Crippen LogP contribution in [0.1, 0.15) is 42.6 Å². The number of aromatic nitrogens is 4. The van der Waals surface area contributed by atoms with Crippen molar-refractivity contribution in [3.8, 4) is 28.7 Å². The number of anilines is 1. The second-order valence-electron chi connectivity index (χ2n) is 11.9. The Kier molecular flexibility index (Phi) is 10.5. The Hall–Kier alpha value is -5.63. The van der Waals surface area contributed by atoms with Gasteiger partial charge >= 0.3 is 5.69 Å². The van der Waals surface area contributed by atoms with Crippen LogP contribution in [0, 0.1) is 11.6 Å². The number of piperidine rings is 1. The summed E-state index contributed by atoms with van der Waals surface area (Å²) >= 11 is 0. The molecule has 2 aromatic heterocycles. The number of halogens is 2. The van der Waals surface area contributed by atoms with Crippen molar-refractivity contribution in [3.05, 3.63) is 105 Å². The fourth-order valence-electron chi connectivity index (χ4n) is 5.75. The summed E-state index contributed by atoms with van der Waals surface area (Å²) < 4.78 is 48.1. The van der Waals surface area contributed by atoms with Crippen LogP contribution in [0.25, 0.3) is 16.6 Å². The van der Waals surface area contributed by atoms with Crippen LogP contribution in [0.3, 0.4) is 0 Å². The van der Waals surface area contributed by atoms with E-state index in [0.29, 0.717) is 39.3 Å². The van der Waals surface area contributed by atoms with Crippen LogP contribution in [0.4, 0.5) is 14.5 Å². The summed E-state index contributed by atoms with van der Waals surface area (Å²) in [5.74, 6) is -1.26. The molecular formula is C36H36F2N6O6. The maximum absolute atomic E-state index is 15.3. The number of nitrogens with one attached hydrogen (secondary N) is 1. The van der Waals surface area contributed by atoms with Crippen molar-refractivity contribution in [2.24, 2.45) is 7.05 Å². The number of hydrogen-bond acceptors (Lipinski definition) is 9. The fourth-order valence-corrected chi connectivity index (χ4v) is 5.75. The van der Waals surface area contributed by atoms with Crippen molar-refractivity contribution in [2.45, 2.75) is 32.1 Å². The number of methoxy groups -OCH3 is 1. The first-order valence-electron chi connectivity index (χ1n) is 16.3. The summed E-state index contributed by atoms with van der Waals surface area (Å²) in [5.41, 5.74) is -1.96. The van der Waals surface area contributed by atoms with Gasteiger partial charge in [-0.15, -0.1) is 0 Å². The lowest BCUT2D eigenvalue weighted by atomic mass is 10.1. The van der Waals surface area contributed by atoms with Gasteiger partial charge in [0.15, 0.2) is 23.1 Å². The first-order valence-corrected chi connectivity index (χ1v) is 16.3. The Balaban J connectivity index is 1.15. The Labute approximate surface area is 285 Å². The Morgan fingerprint density at radius 1 is 0.920 bits per heavy atom. The van der Waals surface area contributed by atoms with Crippen LogP contribution < -0.4 is 30.8 Å². The van der Waals surface area contributed by atoms with E-state index in [4.69, 9.17) is 14.2 Å². The zero-order valence-corrected chi connectivity index (χ0v) is 27.7. The molecule has 14 heteroatoms. The number of unbranched alkanes of at least 4 members (excludes halogenated alkanes) is 1. The standard InChI is InChI=1S/C36H36F2N6O6/c1-42-35(46)33(41-44(36(42)47)25-10-8-9-23(37)19-25)34(45)40-24-11-12-30(27(38)20-24)50-29-13-14-39-28-22-32(31(48-2)21-26(28)29)49-18-7-6-17-43-15-4-3-5-16-43/h8-14,19-22H,3-7,15-18H2,1-2H3,(H,40,45). The molecule has 12 nitrogen and oxygen atoms in total. The molecule has 0 bridgehead atoms. The highest BCUT2D eigenvalue weighted by atomic mass is 19.1. The van der Waals surface area contributed by atoms with Crippen LogP contribution in [-0.4, -0.2) is 63.5 Å². The molecule has 1 fully saturated rings. The Morgan fingerprint density at radius 3 is 2.50 bits per heavy atom. The predicted molar refractivity (Wildman–Crippen MR) is 183 cm³/mol. The fraction of sp³-hybridized carbons (Fsp3) is 0.306. The molecule has 6 rings (SSSR count). The highest BCUT2D eigenvalue weighted by molar-refractivity contribution is 6.02. The first-order chi connectivity index (χ1) is 24.2. The van der Waals surface area contributed by atoms with Crippen molar-refractivity contribution >= 4 is 22.5 Å². The van der Waals surface area contributed by atoms with Crippen LogP contribution in [0.5, 0.6) is 23.0 Å². The number of carbonyl (C=O) groups excluding carboxylic acids is 1. The quantitative estimate of drug-likeness (QED) is 0.170. The number of amides is 1. The Morgan fingerprint density at radius 2 is 1.74 bits per heavy atom. The van der Waals surface area contributed by atoms with E-state index < -0.39 is 34.5 Å². The molecule has 1 aliphatic heterocycles. The monoisotopic (exact) mass is 686 g/mol.